The van der Waals surface area contributed by atoms with Gasteiger partial charge in [0.1, 0.15) is 0 Å². The Hall–Kier alpha value is -0.340. The summed E-state index contributed by atoms with van der Waals surface area (Å²) in [4.78, 5) is 0. The zero-order chi connectivity index (χ0) is 12.8. The Balaban J connectivity index is 1.72. The molecule has 98 valence electrons. The Morgan fingerprint density at radius 2 is 1.94 bits per heavy atom. The summed E-state index contributed by atoms with van der Waals surface area (Å²) in [6, 6.07) is 8.11. The van der Waals surface area contributed by atoms with Crippen molar-refractivity contribution in [3.63, 3.8) is 0 Å². The minimum Gasteiger partial charge on any atom is -0.385 e. The van der Waals surface area contributed by atoms with E-state index in [2.05, 4.69) is 15.9 Å². The van der Waals surface area contributed by atoms with Crippen molar-refractivity contribution in [2.45, 2.75) is 44.6 Å². The van der Waals surface area contributed by atoms with Crippen LogP contribution < -0.4 is 0 Å². The molecule has 4 unspecified atom stereocenters. The second-order valence-corrected chi connectivity index (χ2v) is 7.34. The van der Waals surface area contributed by atoms with Crippen LogP contribution in [0.5, 0.6) is 0 Å². The van der Waals surface area contributed by atoms with Crippen molar-refractivity contribution in [3.8, 4) is 0 Å². The van der Waals surface area contributed by atoms with Crippen molar-refractivity contribution in [2.75, 3.05) is 0 Å². The summed E-state index contributed by atoms with van der Waals surface area (Å²) in [5.74, 6) is 2.58. The van der Waals surface area contributed by atoms with Crippen LogP contribution in [0.15, 0.2) is 28.7 Å². The molecule has 1 aromatic carbocycles. The van der Waals surface area contributed by atoms with Gasteiger partial charge in [0.15, 0.2) is 0 Å². The van der Waals surface area contributed by atoms with Crippen LogP contribution in [0.2, 0.25) is 0 Å². The van der Waals surface area contributed by atoms with Crippen molar-refractivity contribution in [3.05, 3.63) is 34.3 Å². The fraction of sp³-hybridized carbons (Fsp3) is 0.625. The van der Waals surface area contributed by atoms with E-state index in [1.165, 1.54) is 25.7 Å². The van der Waals surface area contributed by atoms with Crippen molar-refractivity contribution >= 4 is 15.9 Å². The van der Waals surface area contributed by atoms with Crippen molar-refractivity contribution in [1.29, 1.82) is 0 Å². The van der Waals surface area contributed by atoms with Gasteiger partial charge in [-0.3, -0.25) is 0 Å². The van der Waals surface area contributed by atoms with Gasteiger partial charge in [-0.05, 0) is 68.1 Å². The number of hydrogen-bond donors (Lipinski definition) is 1. The van der Waals surface area contributed by atoms with E-state index in [9.17, 15) is 5.11 Å². The average molecular weight is 309 g/mol. The predicted octanol–water partition coefficient (Wildman–Crippen LogP) is 4.48. The first-order chi connectivity index (χ1) is 8.54. The molecule has 2 heteroatoms. The Morgan fingerprint density at radius 3 is 2.50 bits per heavy atom. The van der Waals surface area contributed by atoms with Gasteiger partial charge in [0.25, 0.3) is 0 Å². The van der Waals surface area contributed by atoms with Gasteiger partial charge in [0, 0.05) is 4.47 Å². The molecule has 0 aliphatic heterocycles. The molecule has 0 heterocycles. The molecule has 0 aromatic heterocycles. The summed E-state index contributed by atoms with van der Waals surface area (Å²) in [5, 5.41) is 10.7. The van der Waals surface area contributed by atoms with E-state index in [4.69, 9.17) is 0 Å². The summed E-state index contributed by atoms with van der Waals surface area (Å²) in [5.41, 5.74) is 0.379. The molecular weight excluding hydrogens is 288 g/mol. The number of halogens is 1. The summed E-state index contributed by atoms with van der Waals surface area (Å²) >= 11 is 3.45. The smallest absolute Gasteiger partial charge is 0.0871 e. The van der Waals surface area contributed by atoms with Crippen LogP contribution in [0.25, 0.3) is 0 Å². The van der Waals surface area contributed by atoms with E-state index in [1.54, 1.807) is 0 Å². The molecule has 0 spiro atoms. The second kappa shape index (κ2) is 4.64. The van der Waals surface area contributed by atoms with E-state index < -0.39 is 5.60 Å². The van der Waals surface area contributed by atoms with Gasteiger partial charge in [-0.25, -0.2) is 0 Å². The minimum atomic E-state index is -0.671. The van der Waals surface area contributed by atoms with Crippen LogP contribution in [-0.4, -0.2) is 5.11 Å². The third-order valence-electron chi connectivity index (χ3n) is 5.01. The Labute approximate surface area is 118 Å². The van der Waals surface area contributed by atoms with Gasteiger partial charge in [0.2, 0.25) is 0 Å². The first kappa shape index (κ1) is 12.7. The van der Waals surface area contributed by atoms with E-state index in [0.29, 0.717) is 0 Å². The van der Waals surface area contributed by atoms with Crippen LogP contribution in [0.4, 0.5) is 0 Å². The Kier molecular flexibility index (Phi) is 3.27. The lowest BCUT2D eigenvalue weighted by molar-refractivity contribution is 0.0204. The molecular formula is C16H21BrO. The number of hydrogen-bond acceptors (Lipinski definition) is 1. The largest absolute Gasteiger partial charge is 0.385 e. The lowest BCUT2D eigenvalue weighted by Crippen LogP contribution is -2.27. The molecule has 18 heavy (non-hydrogen) atoms. The van der Waals surface area contributed by atoms with Crippen LogP contribution in [-0.2, 0) is 5.60 Å². The zero-order valence-corrected chi connectivity index (χ0v) is 12.5. The molecule has 2 fully saturated rings. The molecule has 0 amide bonds. The predicted molar refractivity (Wildman–Crippen MR) is 77.3 cm³/mol. The third kappa shape index (κ3) is 2.37. The molecule has 0 radical (unpaired) electrons. The fourth-order valence-corrected chi connectivity index (χ4v) is 4.33. The van der Waals surface area contributed by atoms with E-state index in [1.807, 2.05) is 31.2 Å². The molecule has 0 saturated heterocycles. The normalized spacial score (nSPS) is 33.6. The molecule has 2 saturated carbocycles. The van der Waals surface area contributed by atoms with Crippen LogP contribution in [0.1, 0.15) is 44.6 Å². The maximum absolute atomic E-state index is 10.7. The fourth-order valence-electron chi connectivity index (χ4n) is 4.06. The van der Waals surface area contributed by atoms with Crippen molar-refractivity contribution < 1.29 is 5.11 Å². The first-order valence-corrected chi connectivity index (χ1v) is 7.82. The van der Waals surface area contributed by atoms with Crippen molar-refractivity contribution in [2.24, 2.45) is 17.8 Å². The molecule has 2 aliphatic carbocycles. The summed E-state index contributed by atoms with van der Waals surface area (Å²) < 4.78 is 1.07. The van der Waals surface area contributed by atoms with Gasteiger partial charge in [-0.15, -0.1) is 0 Å². The number of aliphatic hydroxyl groups is 1. The van der Waals surface area contributed by atoms with Gasteiger partial charge in [0.05, 0.1) is 5.60 Å². The Bertz CT molecular complexity index is 423. The molecule has 3 rings (SSSR count). The number of rotatable bonds is 3. The highest BCUT2D eigenvalue weighted by Crippen LogP contribution is 2.51. The summed E-state index contributed by atoms with van der Waals surface area (Å²) in [6.07, 6.45) is 6.52. The molecule has 4 atom stereocenters. The van der Waals surface area contributed by atoms with E-state index in [-0.39, 0.29) is 0 Å². The number of benzene rings is 1. The minimum absolute atomic E-state index is 0.671. The van der Waals surface area contributed by atoms with E-state index >= 15 is 0 Å². The second-order valence-electron chi connectivity index (χ2n) is 6.42. The van der Waals surface area contributed by atoms with Crippen molar-refractivity contribution in [1.82, 2.24) is 0 Å². The maximum atomic E-state index is 10.7. The summed E-state index contributed by atoms with van der Waals surface area (Å²) in [6.45, 7) is 1.97. The Morgan fingerprint density at radius 1 is 1.22 bits per heavy atom. The highest BCUT2D eigenvalue weighted by Gasteiger charge is 2.42. The van der Waals surface area contributed by atoms with E-state index in [0.717, 1.165) is 34.2 Å². The van der Waals surface area contributed by atoms with Crippen LogP contribution in [0, 0.1) is 17.8 Å². The lowest BCUT2D eigenvalue weighted by Gasteiger charge is -2.31. The molecule has 2 aliphatic rings. The third-order valence-corrected chi connectivity index (χ3v) is 5.54. The summed E-state index contributed by atoms with van der Waals surface area (Å²) in [7, 11) is 0. The monoisotopic (exact) mass is 308 g/mol. The molecule has 2 bridgehead atoms. The van der Waals surface area contributed by atoms with Gasteiger partial charge in [-0.1, -0.05) is 34.5 Å². The SMILES string of the molecule is CC(O)(CC1CC2CCC1C2)c1ccc(Br)cc1. The highest BCUT2D eigenvalue weighted by molar-refractivity contribution is 9.10. The lowest BCUT2D eigenvalue weighted by atomic mass is 9.78. The van der Waals surface area contributed by atoms with Crippen LogP contribution >= 0.6 is 15.9 Å². The molecule has 1 N–H and O–H groups in total. The molecule has 1 nitrogen and oxygen atoms in total. The topological polar surface area (TPSA) is 20.2 Å². The standard InChI is InChI=1S/C16H21BrO/c1-16(18,14-4-6-15(17)7-5-14)10-13-9-11-2-3-12(13)8-11/h4-7,11-13,18H,2-3,8-10H2,1H3. The zero-order valence-electron chi connectivity index (χ0n) is 10.9. The van der Waals surface area contributed by atoms with Gasteiger partial charge in [-0.2, -0.15) is 0 Å². The highest BCUT2D eigenvalue weighted by atomic mass is 79.9. The average Bonchev–Trinajstić information content (AvgIpc) is 2.91. The molecule has 1 aromatic rings. The maximum Gasteiger partial charge on any atom is 0.0871 e. The van der Waals surface area contributed by atoms with Gasteiger partial charge < -0.3 is 5.11 Å². The quantitative estimate of drug-likeness (QED) is 0.872. The van der Waals surface area contributed by atoms with Crippen LogP contribution in [0.3, 0.4) is 0 Å². The number of fused-ring (bicyclic) bond motifs is 2. The van der Waals surface area contributed by atoms with Gasteiger partial charge >= 0.3 is 0 Å². The first-order valence-electron chi connectivity index (χ1n) is 7.03.